The first kappa shape index (κ1) is 15.2. The SMILES string of the molecule is CCC1CN(C(=O)Nc2ccc(OC)cc2)CC/C1=N\O. The van der Waals surface area contributed by atoms with Gasteiger partial charge in [-0.25, -0.2) is 4.79 Å². The van der Waals surface area contributed by atoms with Crippen molar-refractivity contribution >= 4 is 17.4 Å². The third-order valence-electron chi connectivity index (χ3n) is 3.80. The quantitative estimate of drug-likeness (QED) is 0.664. The molecule has 2 amide bonds. The summed E-state index contributed by atoms with van der Waals surface area (Å²) in [6.45, 7) is 3.18. The Morgan fingerprint density at radius 2 is 2.19 bits per heavy atom. The number of carbonyl (C=O) groups excluding carboxylic acids is 1. The normalized spacial score (nSPS) is 20.4. The van der Waals surface area contributed by atoms with Crippen LogP contribution in [0, 0.1) is 5.92 Å². The monoisotopic (exact) mass is 291 g/mol. The average molecular weight is 291 g/mol. The van der Waals surface area contributed by atoms with E-state index in [1.165, 1.54) is 0 Å². The first-order chi connectivity index (χ1) is 10.2. The lowest BCUT2D eigenvalue weighted by atomic mass is 9.93. The molecule has 1 fully saturated rings. The summed E-state index contributed by atoms with van der Waals surface area (Å²) in [6, 6.07) is 7.08. The van der Waals surface area contributed by atoms with Crippen LogP contribution in [-0.2, 0) is 0 Å². The van der Waals surface area contributed by atoms with E-state index in [9.17, 15) is 4.79 Å². The molecule has 0 bridgehead atoms. The Morgan fingerprint density at radius 3 is 2.76 bits per heavy atom. The van der Waals surface area contributed by atoms with Crippen molar-refractivity contribution in [3.63, 3.8) is 0 Å². The smallest absolute Gasteiger partial charge is 0.321 e. The number of likely N-dealkylation sites (tertiary alicyclic amines) is 1. The predicted molar refractivity (Wildman–Crippen MR) is 81.2 cm³/mol. The fraction of sp³-hybridized carbons (Fsp3) is 0.467. The zero-order valence-corrected chi connectivity index (χ0v) is 12.4. The summed E-state index contributed by atoms with van der Waals surface area (Å²) in [5.41, 5.74) is 1.52. The van der Waals surface area contributed by atoms with E-state index in [-0.39, 0.29) is 11.9 Å². The van der Waals surface area contributed by atoms with E-state index < -0.39 is 0 Å². The largest absolute Gasteiger partial charge is 0.497 e. The van der Waals surface area contributed by atoms with Crippen LogP contribution in [0.2, 0.25) is 0 Å². The summed E-state index contributed by atoms with van der Waals surface area (Å²) in [5, 5.41) is 15.2. The van der Waals surface area contributed by atoms with E-state index in [1.807, 2.05) is 6.92 Å². The van der Waals surface area contributed by atoms with Gasteiger partial charge < -0.3 is 20.2 Å². The second-order valence-corrected chi connectivity index (χ2v) is 5.05. The van der Waals surface area contributed by atoms with Gasteiger partial charge in [0.15, 0.2) is 0 Å². The molecule has 1 saturated heterocycles. The molecule has 1 aromatic rings. The maximum atomic E-state index is 12.3. The Labute approximate surface area is 124 Å². The van der Waals surface area contributed by atoms with Gasteiger partial charge in [0.05, 0.1) is 12.8 Å². The van der Waals surface area contributed by atoms with Crippen LogP contribution in [0.1, 0.15) is 19.8 Å². The summed E-state index contributed by atoms with van der Waals surface area (Å²) in [6.07, 6.45) is 1.47. The number of amides is 2. The molecular weight excluding hydrogens is 270 g/mol. The van der Waals surface area contributed by atoms with Crippen molar-refractivity contribution in [2.24, 2.45) is 11.1 Å². The van der Waals surface area contributed by atoms with Crippen LogP contribution >= 0.6 is 0 Å². The number of nitrogens with zero attached hydrogens (tertiary/aromatic N) is 2. The van der Waals surface area contributed by atoms with Gasteiger partial charge in [0.2, 0.25) is 0 Å². The number of rotatable bonds is 3. The molecule has 6 heteroatoms. The summed E-state index contributed by atoms with van der Waals surface area (Å²) < 4.78 is 5.08. The van der Waals surface area contributed by atoms with Crippen LogP contribution in [0.5, 0.6) is 5.75 Å². The third kappa shape index (κ3) is 3.65. The highest BCUT2D eigenvalue weighted by Crippen LogP contribution is 2.19. The number of nitrogens with one attached hydrogen (secondary N) is 1. The van der Waals surface area contributed by atoms with Crippen molar-refractivity contribution in [2.45, 2.75) is 19.8 Å². The zero-order chi connectivity index (χ0) is 15.2. The summed E-state index contributed by atoms with van der Waals surface area (Å²) in [4.78, 5) is 14.0. The van der Waals surface area contributed by atoms with E-state index in [2.05, 4.69) is 10.5 Å². The third-order valence-corrected chi connectivity index (χ3v) is 3.80. The van der Waals surface area contributed by atoms with Crippen molar-refractivity contribution in [2.75, 3.05) is 25.5 Å². The topological polar surface area (TPSA) is 74.2 Å². The lowest BCUT2D eigenvalue weighted by molar-refractivity contribution is 0.200. The van der Waals surface area contributed by atoms with Gasteiger partial charge in [-0.2, -0.15) is 0 Å². The lowest BCUT2D eigenvalue weighted by Crippen LogP contribution is -2.45. The number of oxime groups is 1. The van der Waals surface area contributed by atoms with Crippen LogP contribution < -0.4 is 10.1 Å². The minimum absolute atomic E-state index is 0.129. The summed E-state index contributed by atoms with van der Waals surface area (Å²) >= 11 is 0. The van der Waals surface area contributed by atoms with E-state index >= 15 is 0 Å². The molecule has 0 aromatic heterocycles. The van der Waals surface area contributed by atoms with Crippen molar-refractivity contribution in [1.82, 2.24) is 4.90 Å². The van der Waals surface area contributed by atoms with Crippen LogP contribution in [0.3, 0.4) is 0 Å². The standard InChI is InChI=1S/C15H21N3O3/c1-3-11-10-18(9-8-14(11)17-20)15(19)16-12-4-6-13(21-2)7-5-12/h4-7,11,20H,3,8-10H2,1-2H3,(H,16,19)/b17-14+. The average Bonchev–Trinajstić information content (AvgIpc) is 2.54. The molecule has 0 spiro atoms. The summed E-state index contributed by atoms with van der Waals surface area (Å²) in [7, 11) is 1.60. The second kappa shape index (κ2) is 6.97. The maximum absolute atomic E-state index is 12.3. The Balaban J connectivity index is 1.97. The number of piperidine rings is 1. The number of carbonyl (C=O) groups is 1. The minimum atomic E-state index is -0.129. The number of anilines is 1. The van der Waals surface area contributed by atoms with Gasteiger partial charge in [-0.15, -0.1) is 0 Å². The molecular formula is C15H21N3O3. The number of urea groups is 1. The molecule has 2 rings (SSSR count). The summed E-state index contributed by atoms with van der Waals surface area (Å²) in [5.74, 6) is 0.881. The number of methoxy groups -OCH3 is 1. The Hall–Kier alpha value is -2.24. The van der Waals surface area contributed by atoms with Gasteiger partial charge in [-0.05, 0) is 30.7 Å². The van der Waals surface area contributed by atoms with Gasteiger partial charge in [0.25, 0.3) is 0 Å². The Morgan fingerprint density at radius 1 is 1.48 bits per heavy atom. The molecule has 114 valence electrons. The molecule has 1 unspecified atom stereocenters. The van der Waals surface area contributed by atoms with Crippen molar-refractivity contribution in [3.8, 4) is 5.75 Å². The van der Waals surface area contributed by atoms with Gasteiger partial charge >= 0.3 is 6.03 Å². The Bertz CT molecular complexity index is 513. The van der Waals surface area contributed by atoms with E-state index in [0.29, 0.717) is 19.5 Å². The van der Waals surface area contributed by atoms with Crippen molar-refractivity contribution in [3.05, 3.63) is 24.3 Å². The van der Waals surface area contributed by atoms with Crippen LogP contribution in [0.25, 0.3) is 0 Å². The number of benzene rings is 1. The second-order valence-electron chi connectivity index (χ2n) is 5.05. The molecule has 21 heavy (non-hydrogen) atoms. The molecule has 0 saturated carbocycles. The highest BCUT2D eigenvalue weighted by atomic mass is 16.5. The van der Waals surface area contributed by atoms with Crippen LogP contribution in [0.4, 0.5) is 10.5 Å². The first-order valence-electron chi connectivity index (χ1n) is 7.08. The van der Waals surface area contributed by atoms with E-state index in [4.69, 9.17) is 9.94 Å². The predicted octanol–water partition coefficient (Wildman–Crippen LogP) is 2.79. The molecule has 2 N–H and O–H groups in total. The van der Waals surface area contributed by atoms with Crippen LogP contribution in [0.15, 0.2) is 29.4 Å². The molecule has 6 nitrogen and oxygen atoms in total. The minimum Gasteiger partial charge on any atom is -0.497 e. The molecule has 1 aromatic carbocycles. The molecule has 1 aliphatic heterocycles. The highest BCUT2D eigenvalue weighted by Gasteiger charge is 2.27. The number of ether oxygens (including phenoxy) is 1. The van der Waals surface area contributed by atoms with Crippen molar-refractivity contribution < 1.29 is 14.7 Å². The van der Waals surface area contributed by atoms with Crippen molar-refractivity contribution in [1.29, 1.82) is 0 Å². The fourth-order valence-electron chi connectivity index (χ4n) is 2.47. The van der Waals surface area contributed by atoms with Crippen LogP contribution in [-0.4, -0.2) is 42.0 Å². The molecule has 1 aliphatic rings. The lowest BCUT2D eigenvalue weighted by Gasteiger charge is -2.32. The number of hydrogen-bond acceptors (Lipinski definition) is 4. The van der Waals surface area contributed by atoms with Gasteiger partial charge in [-0.3, -0.25) is 0 Å². The molecule has 0 aliphatic carbocycles. The van der Waals surface area contributed by atoms with Gasteiger partial charge in [0, 0.05) is 31.1 Å². The van der Waals surface area contributed by atoms with E-state index in [0.717, 1.165) is 23.6 Å². The van der Waals surface area contributed by atoms with Gasteiger partial charge in [0.1, 0.15) is 5.75 Å². The zero-order valence-electron chi connectivity index (χ0n) is 12.4. The maximum Gasteiger partial charge on any atom is 0.321 e. The first-order valence-corrected chi connectivity index (χ1v) is 7.08. The molecule has 1 atom stereocenters. The van der Waals surface area contributed by atoms with E-state index in [1.54, 1.807) is 36.3 Å². The number of hydrogen-bond donors (Lipinski definition) is 2. The molecule has 1 heterocycles. The molecule has 0 radical (unpaired) electrons. The Kier molecular flexibility index (Phi) is 5.03. The highest BCUT2D eigenvalue weighted by molar-refractivity contribution is 5.93. The fourth-order valence-corrected chi connectivity index (χ4v) is 2.47. The van der Waals surface area contributed by atoms with Gasteiger partial charge in [-0.1, -0.05) is 12.1 Å².